The second-order valence-electron chi connectivity index (χ2n) is 5.80. The molecular formula is C16H21ClN2O2. The van der Waals surface area contributed by atoms with Crippen LogP contribution in [-0.2, 0) is 0 Å². The highest BCUT2D eigenvalue weighted by atomic mass is 35.5. The summed E-state index contributed by atoms with van der Waals surface area (Å²) in [5, 5.41) is 4.04. The van der Waals surface area contributed by atoms with Crippen LogP contribution in [0.15, 0.2) is 28.7 Å². The third kappa shape index (κ3) is 3.06. The van der Waals surface area contributed by atoms with Gasteiger partial charge < -0.3 is 15.5 Å². The van der Waals surface area contributed by atoms with E-state index in [1.165, 1.54) is 0 Å². The summed E-state index contributed by atoms with van der Waals surface area (Å²) in [6.07, 6.45) is 4.15. The van der Waals surface area contributed by atoms with E-state index in [2.05, 4.69) is 5.32 Å². The number of nitrogens with one attached hydrogen (secondary N) is 1. The number of aryl methyl sites for hydroxylation is 1. The molecule has 0 aliphatic heterocycles. The lowest BCUT2D eigenvalue weighted by molar-refractivity contribution is 0.0876. The van der Waals surface area contributed by atoms with Gasteiger partial charge in [-0.25, -0.2) is 0 Å². The van der Waals surface area contributed by atoms with Gasteiger partial charge in [-0.3, -0.25) is 4.79 Å². The number of hydrogen-bond donors (Lipinski definition) is 2. The second kappa shape index (κ2) is 6.08. The predicted molar refractivity (Wildman–Crippen MR) is 85.9 cm³/mol. The number of amides is 1. The predicted octanol–water partition coefficient (Wildman–Crippen LogP) is 3.16. The zero-order valence-corrected chi connectivity index (χ0v) is 13.0. The molecule has 114 valence electrons. The fourth-order valence-electron chi connectivity index (χ4n) is 3.01. The molecule has 5 heteroatoms. The molecule has 0 unspecified atom stereocenters. The molecule has 0 bridgehead atoms. The van der Waals surface area contributed by atoms with Crippen LogP contribution in [0.3, 0.4) is 0 Å². The highest BCUT2D eigenvalue weighted by Gasteiger charge is 2.34. The lowest BCUT2D eigenvalue weighted by Crippen LogP contribution is -2.51. The van der Waals surface area contributed by atoms with E-state index in [1.807, 2.05) is 25.1 Å². The van der Waals surface area contributed by atoms with E-state index in [0.29, 0.717) is 12.3 Å². The number of carbonyl (C=O) groups is 1. The maximum atomic E-state index is 12.4. The molecule has 4 nitrogen and oxygen atoms in total. The number of benzene rings is 1. The molecule has 3 rings (SSSR count). The van der Waals surface area contributed by atoms with Crippen molar-refractivity contribution in [3.8, 4) is 0 Å². The van der Waals surface area contributed by atoms with Crippen molar-refractivity contribution in [2.24, 2.45) is 5.73 Å². The molecule has 21 heavy (non-hydrogen) atoms. The normalized spacial score (nSPS) is 16.7. The molecule has 1 aromatic carbocycles. The molecule has 1 aliphatic carbocycles. The van der Waals surface area contributed by atoms with Crippen molar-refractivity contribution >= 4 is 29.3 Å². The van der Waals surface area contributed by atoms with E-state index < -0.39 is 0 Å². The fraction of sp³-hybridized carbons (Fsp3) is 0.438. The first kappa shape index (κ1) is 15.9. The molecular weight excluding hydrogens is 288 g/mol. The lowest BCUT2D eigenvalue weighted by Gasteiger charge is -2.28. The van der Waals surface area contributed by atoms with Crippen molar-refractivity contribution in [2.45, 2.75) is 38.1 Å². The summed E-state index contributed by atoms with van der Waals surface area (Å²) in [6, 6.07) is 7.70. The van der Waals surface area contributed by atoms with Crippen molar-refractivity contribution in [2.75, 3.05) is 6.54 Å². The van der Waals surface area contributed by atoms with Crippen LogP contribution >= 0.6 is 12.4 Å². The first-order chi connectivity index (χ1) is 9.62. The summed E-state index contributed by atoms with van der Waals surface area (Å²) in [7, 11) is 0. The number of carbonyl (C=O) groups excluding carboxylic acids is 1. The third-order valence-electron chi connectivity index (χ3n) is 4.23. The van der Waals surface area contributed by atoms with E-state index in [4.69, 9.17) is 10.2 Å². The monoisotopic (exact) mass is 308 g/mol. The van der Waals surface area contributed by atoms with Gasteiger partial charge in [0.05, 0.1) is 5.54 Å². The number of nitrogens with two attached hydrogens (primary N) is 1. The van der Waals surface area contributed by atoms with Crippen LogP contribution in [0, 0.1) is 6.92 Å². The van der Waals surface area contributed by atoms with E-state index in [9.17, 15) is 4.79 Å². The summed E-state index contributed by atoms with van der Waals surface area (Å²) in [4.78, 5) is 12.4. The van der Waals surface area contributed by atoms with Gasteiger partial charge in [0.2, 0.25) is 0 Å². The van der Waals surface area contributed by atoms with Crippen LogP contribution in [0.1, 0.15) is 41.8 Å². The summed E-state index contributed by atoms with van der Waals surface area (Å²) >= 11 is 0. The van der Waals surface area contributed by atoms with E-state index in [0.717, 1.165) is 42.2 Å². The Kier molecular flexibility index (Phi) is 4.59. The molecule has 0 atom stereocenters. The molecule has 3 N–H and O–H groups in total. The SMILES string of the molecule is Cc1ccc2oc(C(=O)NC3(CN)CCCC3)cc2c1.Cl. The van der Waals surface area contributed by atoms with Crippen molar-refractivity contribution < 1.29 is 9.21 Å². The van der Waals surface area contributed by atoms with Gasteiger partial charge in [0, 0.05) is 11.9 Å². The van der Waals surface area contributed by atoms with Crippen molar-refractivity contribution in [1.82, 2.24) is 5.32 Å². The molecule has 2 aromatic rings. The fourth-order valence-corrected chi connectivity index (χ4v) is 3.01. The number of furan rings is 1. The molecule has 0 spiro atoms. The van der Waals surface area contributed by atoms with Crippen molar-refractivity contribution in [3.05, 3.63) is 35.6 Å². The Morgan fingerprint density at radius 1 is 1.33 bits per heavy atom. The standard InChI is InChI=1S/C16H20N2O2.ClH/c1-11-4-5-13-12(8-11)9-14(20-13)15(19)18-16(10-17)6-2-3-7-16;/h4-5,8-9H,2-3,6-7,10,17H2,1H3,(H,18,19);1H. The molecule has 0 radical (unpaired) electrons. The quantitative estimate of drug-likeness (QED) is 0.915. The van der Waals surface area contributed by atoms with Crippen LogP contribution in [0.4, 0.5) is 0 Å². The minimum atomic E-state index is -0.244. The number of halogens is 1. The maximum Gasteiger partial charge on any atom is 0.287 e. The Bertz CT molecular complexity index is 645. The van der Waals surface area contributed by atoms with Crippen molar-refractivity contribution in [3.63, 3.8) is 0 Å². The van der Waals surface area contributed by atoms with Crippen LogP contribution in [-0.4, -0.2) is 18.0 Å². The van der Waals surface area contributed by atoms with Gasteiger partial charge in [-0.15, -0.1) is 12.4 Å². The van der Waals surface area contributed by atoms with Crippen LogP contribution in [0.2, 0.25) is 0 Å². The Labute approximate surface area is 130 Å². The smallest absolute Gasteiger partial charge is 0.287 e. The molecule has 1 aliphatic rings. The van der Waals surface area contributed by atoms with E-state index >= 15 is 0 Å². The van der Waals surface area contributed by atoms with Gasteiger partial charge in [0.15, 0.2) is 5.76 Å². The number of rotatable bonds is 3. The van der Waals surface area contributed by atoms with Gasteiger partial charge in [0.25, 0.3) is 5.91 Å². The van der Waals surface area contributed by atoms with E-state index in [1.54, 1.807) is 6.07 Å². The van der Waals surface area contributed by atoms with Gasteiger partial charge >= 0.3 is 0 Å². The molecule has 1 saturated carbocycles. The minimum Gasteiger partial charge on any atom is -0.451 e. The molecule has 0 saturated heterocycles. The molecule has 1 heterocycles. The van der Waals surface area contributed by atoms with E-state index in [-0.39, 0.29) is 23.9 Å². The highest BCUT2D eigenvalue weighted by Crippen LogP contribution is 2.29. The molecule has 1 fully saturated rings. The van der Waals surface area contributed by atoms with Gasteiger partial charge in [0.1, 0.15) is 5.58 Å². The zero-order chi connectivity index (χ0) is 14.2. The summed E-state index contributed by atoms with van der Waals surface area (Å²) in [5.74, 6) is 0.205. The van der Waals surface area contributed by atoms with Gasteiger partial charge in [-0.05, 0) is 38.0 Å². The lowest BCUT2D eigenvalue weighted by atomic mass is 9.98. The van der Waals surface area contributed by atoms with Crippen molar-refractivity contribution in [1.29, 1.82) is 0 Å². The Balaban J connectivity index is 0.00000161. The zero-order valence-electron chi connectivity index (χ0n) is 12.1. The topological polar surface area (TPSA) is 68.3 Å². The highest BCUT2D eigenvalue weighted by molar-refractivity contribution is 5.96. The average molecular weight is 309 g/mol. The second-order valence-corrected chi connectivity index (χ2v) is 5.80. The first-order valence-corrected chi connectivity index (χ1v) is 7.15. The largest absolute Gasteiger partial charge is 0.451 e. The van der Waals surface area contributed by atoms with Crippen LogP contribution in [0.25, 0.3) is 11.0 Å². The molecule has 1 amide bonds. The van der Waals surface area contributed by atoms with Crippen LogP contribution in [0.5, 0.6) is 0 Å². The summed E-state index contributed by atoms with van der Waals surface area (Å²) in [6.45, 7) is 2.51. The number of hydrogen-bond acceptors (Lipinski definition) is 3. The summed E-state index contributed by atoms with van der Waals surface area (Å²) in [5.41, 5.74) is 7.50. The summed E-state index contributed by atoms with van der Waals surface area (Å²) < 4.78 is 5.63. The number of fused-ring (bicyclic) bond motifs is 1. The Morgan fingerprint density at radius 3 is 2.71 bits per heavy atom. The Hall–Kier alpha value is -1.52. The minimum absolute atomic E-state index is 0. The maximum absolute atomic E-state index is 12.4. The van der Waals surface area contributed by atoms with Crippen LogP contribution < -0.4 is 11.1 Å². The molecule has 1 aromatic heterocycles. The van der Waals surface area contributed by atoms with Gasteiger partial charge in [-0.1, -0.05) is 24.5 Å². The first-order valence-electron chi connectivity index (χ1n) is 7.15. The van der Waals surface area contributed by atoms with Gasteiger partial charge in [-0.2, -0.15) is 0 Å². The third-order valence-corrected chi connectivity index (χ3v) is 4.23. The Morgan fingerprint density at radius 2 is 2.05 bits per heavy atom. The average Bonchev–Trinajstić information content (AvgIpc) is 3.05.